The summed E-state index contributed by atoms with van der Waals surface area (Å²) in [4.78, 5) is 9.33. The molecule has 3 nitrogen and oxygen atoms in total. The SMILES string of the molecule is Cc1nc(C(C)C)nc(C)c1CC(C)CNCC(C)C. The Kier molecular flexibility index (Phi) is 6.60. The van der Waals surface area contributed by atoms with Crippen LogP contribution in [0.1, 0.15) is 63.3 Å². The summed E-state index contributed by atoms with van der Waals surface area (Å²) in [7, 11) is 0. The molecule has 0 radical (unpaired) electrons. The minimum Gasteiger partial charge on any atom is -0.316 e. The second-order valence-corrected chi connectivity index (χ2v) is 6.75. The molecular weight excluding hydrogens is 246 g/mol. The van der Waals surface area contributed by atoms with Gasteiger partial charge in [-0.2, -0.15) is 0 Å². The quantitative estimate of drug-likeness (QED) is 0.827. The van der Waals surface area contributed by atoms with Gasteiger partial charge >= 0.3 is 0 Å². The third-order valence-electron chi connectivity index (χ3n) is 3.55. The van der Waals surface area contributed by atoms with E-state index in [9.17, 15) is 0 Å². The number of aromatic nitrogens is 2. The first kappa shape index (κ1) is 17.1. The van der Waals surface area contributed by atoms with E-state index in [1.165, 1.54) is 5.56 Å². The molecule has 20 heavy (non-hydrogen) atoms. The lowest BCUT2D eigenvalue weighted by Gasteiger charge is -2.17. The summed E-state index contributed by atoms with van der Waals surface area (Å²) in [5.74, 6) is 2.68. The van der Waals surface area contributed by atoms with E-state index in [0.29, 0.717) is 17.8 Å². The van der Waals surface area contributed by atoms with Crippen LogP contribution in [-0.4, -0.2) is 23.1 Å². The molecule has 0 spiro atoms. The molecule has 0 saturated carbocycles. The van der Waals surface area contributed by atoms with Crippen LogP contribution in [0.2, 0.25) is 0 Å². The van der Waals surface area contributed by atoms with Crippen LogP contribution >= 0.6 is 0 Å². The van der Waals surface area contributed by atoms with Crippen LogP contribution in [0.5, 0.6) is 0 Å². The highest BCUT2D eigenvalue weighted by Crippen LogP contribution is 2.18. The van der Waals surface area contributed by atoms with Crippen molar-refractivity contribution in [2.24, 2.45) is 11.8 Å². The zero-order valence-corrected chi connectivity index (χ0v) is 14.2. The molecule has 0 amide bonds. The van der Waals surface area contributed by atoms with E-state index in [-0.39, 0.29) is 0 Å². The lowest BCUT2D eigenvalue weighted by molar-refractivity contribution is 0.471. The zero-order valence-electron chi connectivity index (χ0n) is 14.2. The first-order valence-electron chi connectivity index (χ1n) is 7.86. The number of rotatable bonds is 7. The van der Waals surface area contributed by atoms with Gasteiger partial charge in [0.15, 0.2) is 0 Å². The van der Waals surface area contributed by atoms with Crippen molar-refractivity contribution in [2.75, 3.05) is 13.1 Å². The molecule has 3 heteroatoms. The highest BCUT2D eigenvalue weighted by atomic mass is 14.9. The van der Waals surface area contributed by atoms with Crippen molar-refractivity contribution < 1.29 is 0 Å². The van der Waals surface area contributed by atoms with Crippen LogP contribution in [-0.2, 0) is 6.42 Å². The Morgan fingerprint density at radius 2 is 1.45 bits per heavy atom. The maximum Gasteiger partial charge on any atom is 0.131 e. The molecule has 0 saturated heterocycles. The maximum atomic E-state index is 4.66. The van der Waals surface area contributed by atoms with Gasteiger partial charge in [-0.3, -0.25) is 0 Å². The number of nitrogens with one attached hydrogen (secondary N) is 1. The average Bonchev–Trinajstić information content (AvgIpc) is 2.32. The summed E-state index contributed by atoms with van der Waals surface area (Å²) in [6, 6.07) is 0. The fourth-order valence-electron chi connectivity index (χ4n) is 2.36. The second kappa shape index (κ2) is 7.72. The predicted molar refractivity (Wildman–Crippen MR) is 86.2 cm³/mol. The Hall–Kier alpha value is -0.960. The standard InChI is InChI=1S/C17H31N3/c1-11(2)9-18-10-13(5)8-16-14(6)19-17(12(3)4)20-15(16)7/h11-13,18H,8-10H2,1-7H3. The highest BCUT2D eigenvalue weighted by Gasteiger charge is 2.13. The van der Waals surface area contributed by atoms with Gasteiger partial charge in [0.25, 0.3) is 0 Å². The number of hydrogen-bond donors (Lipinski definition) is 1. The summed E-state index contributed by atoms with van der Waals surface area (Å²) >= 11 is 0. The Morgan fingerprint density at radius 1 is 0.900 bits per heavy atom. The Labute approximate surface area is 124 Å². The lowest BCUT2D eigenvalue weighted by Crippen LogP contribution is -2.26. The molecule has 0 aliphatic rings. The third-order valence-corrected chi connectivity index (χ3v) is 3.55. The Bertz CT molecular complexity index is 401. The first-order chi connectivity index (χ1) is 9.31. The van der Waals surface area contributed by atoms with E-state index in [1.54, 1.807) is 0 Å². The number of hydrogen-bond acceptors (Lipinski definition) is 3. The van der Waals surface area contributed by atoms with Crippen molar-refractivity contribution in [3.8, 4) is 0 Å². The van der Waals surface area contributed by atoms with Crippen LogP contribution < -0.4 is 5.32 Å². The zero-order chi connectivity index (χ0) is 15.3. The largest absolute Gasteiger partial charge is 0.316 e. The van der Waals surface area contributed by atoms with E-state index >= 15 is 0 Å². The summed E-state index contributed by atoms with van der Waals surface area (Å²) in [6.45, 7) is 17.4. The Morgan fingerprint density at radius 3 is 1.90 bits per heavy atom. The van der Waals surface area contributed by atoms with Crippen molar-refractivity contribution in [3.63, 3.8) is 0 Å². The van der Waals surface area contributed by atoms with Gasteiger partial charge in [0.1, 0.15) is 5.82 Å². The topological polar surface area (TPSA) is 37.8 Å². The van der Waals surface area contributed by atoms with Gasteiger partial charge in [-0.15, -0.1) is 0 Å². The molecule has 0 aliphatic carbocycles. The van der Waals surface area contributed by atoms with Crippen LogP contribution in [0.3, 0.4) is 0 Å². The maximum absolute atomic E-state index is 4.66. The third kappa shape index (κ3) is 5.20. The molecule has 1 rings (SSSR count). The van der Waals surface area contributed by atoms with E-state index < -0.39 is 0 Å². The first-order valence-corrected chi connectivity index (χ1v) is 7.86. The number of nitrogens with zero attached hydrogens (tertiary/aromatic N) is 2. The molecule has 114 valence electrons. The molecule has 0 fully saturated rings. The fourth-order valence-corrected chi connectivity index (χ4v) is 2.36. The van der Waals surface area contributed by atoms with Gasteiger partial charge in [0.2, 0.25) is 0 Å². The average molecular weight is 277 g/mol. The smallest absolute Gasteiger partial charge is 0.131 e. The minimum atomic E-state index is 0.395. The van der Waals surface area contributed by atoms with E-state index in [2.05, 4.69) is 63.8 Å². The summed E-state index contributed by atoms with van der Waals surface area (Å²) in [6.07, 6.45) is 1.06. The van der Waals surface area contributed by atoms with Crippen LogP contribution in [0.15, 0.2) is 0 Å². The van der Waals surface area contributed by atoms with Crippen molar-refractivity contribution in [1.29, 1.82) is 0 Å². The summed E-state index contributed by atoms with van der Waals surface area (Å²) in [5, 5.41) is 3.53. The molecule has 0 aromatic carbocycles. The molecule has 1 N–H and O–H groups in total. The molecule has 1 unspecified atom stereocenters. The molecular formula is C17H31N3. The molecule has 0 aliphatic heterocycles. The predicted octanol–water partition coefficient (Wildman–Crippen LogP) is 3.64. The van der Waals surface area contributed by atoms with Crippen molar-refractivity contribution >= 4 is 0 Å². The highest BCUT2D eigenvalue weighted by molar-refractivity contribution is 5.25. The minimum absolute atomic E-state index is 0.395. The van der Waals surface area contributed by atoms with Crippen molar-refractivity contribution in [1.82, 2.24) is 15.3 Å². The Balaban J connectivity index is 2.68. The summed E-state index contributed by atoms with van der Waals surface area (Å²) < 4.78 is 0. The van der Waals surface area contributed by atoms with Gasteiger partial charge in [0, 0.05) is 17.3 Å². The molecule has 1 aromatic heterocycles. The number of aryl methyl sites for hydroxylation is 2. The monoisotopic (exact) mass is 277 g/mol. The normalized spacial score (nSPS) is 13.2. The van der Waals surface area contributed by atoms with Crippen molar-refractivity contribution in [2.45, 2.75) is 60.8 Å². The van der Waals surface area contributed by atoms with Crippen LogP contribution in [0, 0.1) is 25.7 Å². The van der Waals surface area contributed by atoms with Crippen molar-refractivity contribution in [3.05, 3.63) is 22.8 Å². The van der Waals surface area contributed by atoms with E-state index in [0.717, 1.165) is 36.7 Å². The molecule has 1 atom stereocenters. The second-order valence-electron chi connectivity index (χ2n) is 6.75. The van der Waals surface area contributed by atoms with E-state index in [4.69, 9.17) is 0 Å². The van der Waals surface area contributed by atoms with Gasteiger partial charge < -0.3 is 5.32 Å². The van der Waals surface area contributed by atoms with Gasteiger partial charge in [0.05, 0.1) is 0 Å². The summed E-state index contributed by atoms with van der Waals surface area (Å²) in [5.41, 5.74) is 3.63. The molecule has 0 bridgehead atoms. The lowest BCUT2D eigenvalue weighted by atomic mass is 9.98. The molecule has 1 heterocycles. The van der Waals surface area contributed by atoms with Gasteiger partial charge in [-0.25, -0.2) is 9.97 Å². The fraction of sp³-hybridized carbons (Fsp3) is 0.765. The van der Waals surface area contributed by atoms with Crippen LogP contribution in [0.4, 0.5) is 0 Å². The van der Waals surface area contributed by atoms with E-state index in [1.807, 2.05) is 0 Å². The van der Waals surface area contributed by atoms with Crippen LogP contribution in [0.25, 0.3) is 0 Å². The molecule has 1 aromatic rings. The van der Waals surface area contributed by atoms with Gasteiger partial charge in [-0.1, -0.05) is 34.6 Å². The van der Waals surface area contributed by atoms with Gasteiger partial charge in [-0.05, 0) is 50.8 Å².